The minimum Gasteiger partial charge on any atom is -0.313 e. The largest absolute Gasteiger partial charge is 0.313 e. The smallest absolute Gasteiger partial charge is 0.0323 e. The van der Waals surface area contributed by atoms with E-state index in [0.29, 0.717) is 6.04 Å². The fraction of sp³-hybridized carbons (Fsp3) is 0.583. The highest BCUT2D eigenvalue weighted by Gasteiger charge is 2.25. The van der Waals surface area contributed by atoms with E-state index in [1.165, 1.54) is 30.4 Å². The molecule has 0 amide bonds. The van der Waals surface area contributed by atoms with Gasteiger partial charge in [0.2, 0.25) is 0 Å². The quantitative estimate of drug-likeness (QED) is 0.789. The number of rotatable bonds is 4. The second-order valence-corrected chi connectivity index (χ2v) is 4.25. The van der Waals surface area contributed by atoms with Gasteiger partial charge in [-0.25, -0.2) is 0 Å². The summed E-state index contributed by atoms with van der Waals surface area (Å²) in [5.74, 6) is 0.958. The lowest BCUT2D eigenvalue weighted by Crippen LogP contribution is -2.18. The molecule has 0 saturated heterocycles. The third-order valence-corrected chi connectivity index (χ3v) is 3.05. The van der Waals surface area contributed by atoms with Crippen molar-refractivity contribution in [1.82, 2.24) is 10.3 Å². The van der Waals surface area contributed by atoms with E-state index in [2.05, 4.69) is 23.3 Å². The Bertz CT molecular complexity index is 305. The average Bonchev–Trinajstić information content (AvgIpc) is 2.99. The lowest BCUT2D eigenvalue weighted by Gasteiger charge is -2.18. The van der Waals surface area contributed by atoms with Crippen LogP contribution >= 0.6 is 0 Å². The van der Waals surface area contributed by atoms with Crippen LogP contribution < -0.4 is 5.32 Å². The van der Waals surface area contributed by atoms with Gasteiger partial charge in [0.1, 0.15) is 0 Å². The maximum atomic E-state index is 4.13. The van der Waals surface area contributed by atoms with Crippen molar-refractivity contribution in [1.29, 1.82) is 0 Å². The maximum Gasteiger partial charge on any atom is 0.0323 e. The van der Waals surface area contributed by atoms with Gasteiger partial charge in [0.05, 0.1) is 0 Å². The fourth-order valence-corrected chi connectivity index (χ4v) is 1.96. The number of aromatic nitrogens is 1. The molecule has 2 rings (SSSR count). The zero-order valence-electron chi connectivity index (χ0n) is 8.96. The van der Waals surface area contributed by atoms with Crippen LogP contribution in [-0.4, -0.2) is 12.0 Å². The highest BCUT2D eigenvalue weighted by Crippen LogP contribution is 2.37. The third kappa shape index (κ3) is 2.13. The van der Waals surface area contributed by atoms with Gasteiger partial charge in [-0.1, -0.05) is 12.8 Å². The summed E-state index contributed by atoms with van der Waals surface area (Å²) in [4.78, 5) is 4.13. The molecular weight excluding hydrogens is 172 g/mol. The summed E-state index contributed by atoms with van der Waals surface area (Å²) in [7, 11) is 2.05. The number of nitrogens with one attached hydrogen (secondary N) is 1. The molecule has 1 aliphatic carbocycles. The summed E-state index contributed by atoms with van der Waals surface area (Å²) < 4.78 is 0. The highest BCUT2D eigenvalue weighted by molar-refractivity contribution is 5.25. The monoisotopic (exact) mass is 190 g/mol. The van der Waals surface area contributed by atoms with Crippen molar-refractivity contribution in [3.05, 3.63) is 29.6 Å². The molecule has 1 atom stereocenters. The predicted octanol–water partition coefficient (Wildman–Crippen LogP) is 2.45. The van der Waals surface area contributed by atoms with E-state index >= 15 is 0 Å². The van der Waals surface area contributed by atoms with Crippen molar-refractivity contribution in [3.8, 4) is 0 Å². The first-order valence-electron chi connectivity index (χ1n) is 5.39. The van der Waals surface area contributed by atoms with E-state index in [1.54, 1.807) is 0 Å². The van der Waals surface area contributed by atoms with Crippen molar-refractivity contribution in [3.63, 3.8) is 0 Å². The van der Waals surface area contributed by atoms with Gasteiger partial charge in [-0.3, -0.25) is 4.98 Å². The van der Waals surface area contributed by atoms with Crippen LogP contribution in [0.2, 0.25) is 0 Å². The Labute approximate surface area is 85.7 Å². The maximum absolute atomic E-state index is 4.13. The van der Waals surface area contributed by atoms with E-state index in [0.717, 1.165) is 5.92 Å². The van der Waals surface area contributed by atoms with Crippen LogP contribution in [0.15, 0.2) is 18.5 Å². The molecule has 1 saturated carbocycles. The zero-order valence-corrected chi connectivity index (χ0v) is 8.96. The lowest BCUT2D eigenvalue weighted by molar-refractivity contribution is 0.512. The normalized spacial score (nSPS) is 18.1. The molecule has 1 heterocycles. The minimum absolute atomic E-state index is 0.519. The number of aryl methyl sites for hydroxylation is 1. The van der Waals surface area contributed by atoms with Gasteiger partial charge in [-0.15, -0.1) is 0 Å². The molecule has 1 unspecified atom stereocenters. The third-order valence-electron chi connectivity index (χ3n) is 3.05. The molecule has 0 aliphatic heterocycles. The van der Waals surface area contributed by atoms with Gasteiger partial charge in [0.25, 0.3) is 0 Å². The number of hydrogen-bond donors (Lipinski definition) is 1. The summed E-state index contributed by atoms with van der Waals surface area (Å²) >= 11 is 0. The first kappa shape index (κ1) is 9.66. The molecule has 1 aromatic rings. The summed E-state index contributed by atoms with van der Waals surface area (Å²) in [5.41, 5.74) is 2.71. The van der Waals surface area contributed by atoms with Gasteiger partial charge in [0.15, 0.2) is 0 Å². The first-order chi connectivity index (χ1) is 6.81. The van der Waals surface area contributed by atoms with E-state index < -0.39 is 0 Å². The average molecular weight is 190 g/mol. The van der Waals surface area contributed by atoms with E-state index in [-0.39, 0.29) is 0 Å². The zero-order chi connectivity index (χ0) is 9.97. The van der Waals surface area contributed by atoms with Crippen LogP contribution in [-0.2, 0) is 0 Å². The fourth-order valence-electron chi connectivity index (χ4n) is 1.96. The predicted molar refractivity (Wildman–Crippen MR) is 58.1 cm³/mol. The van der Waals surface area contributed by atoms with Crippen LogP contribution in [0.3, 0.4) is 0 Å². The Morgan fingerprint density at radius 1 is 1.57 bits per heavy atom. The van der Waals surface area contributed by atoms with Crippen LogP contribution in [0.5, 0.6) is 0 Å². The number of hydrogen-bond acceptors (Lipinski definition) is 2. The Morgan fingerprint density at radius 3 is 2.93 bits per heavy atom. The lowest BCUT2D eigenvalue weighted by atomic mass is 9.99. The molecule has 1 fully saturated rings. The van der Waals surface area contributed by atoms with Gasteiger partial charge >= 0.3 is 0 Å². The summed E-state index contributed by atoms with van der Waals surface area (Å²) in [6.45, 7) is 2.14. The van der Waals surface area contributed by atoms with Crippen molar-refractivity contribution >= 4 is 0 Å². The molecule has 2 nitrogen and oxygen atoms in total. The van der Waals surface area contributed by atoms with Gasteiger partial charge < -0.3 is 5.32 Å². The Morgan fingerprint density at radius 2 is 2.36 bits per heavy atom. The van der Waals surface area contributed by atoms with Crippen LogP contribution in [0.4, 0.5) is 0 Å². The van der Waals surface area contributed by atoms with Crippen molar-refractivity contribution in [2.24, 2.45) is 5.92 Å². The number of pyridine rings is 1. The molecule has 1 N–H and O–H groups in total. The summed E-state index contributed by atoms with van der Waals surface area (Å²) in [6.07, 6.45) is 7.96. The summed E-state index contributed by atoms with van der Waals surface area (Å²) in [5, 5.41) is 3.40. The molecule has 0 spiro atoms. The van der Waals surface area contributed by atoms with Gasteiger partial charge in [-0.2, -0.15) is 0 Å². The van der Waals surface area contributed by atoms with Crippen molar-refractivity contribution < 1.29 is 0 Å². The topological polar surface area (TPSA) is 24.9 Å². The second-order valence-electron chi connectivity index (χ2n) is 4.25. The molecule has 0 bridgehead atoms. The SMILES string of the molecule is CNC(CC1CC1)c1ccncc1C. The number of nitrogens with zero attached hydrogens (tertiary/aromatic N) is 1. The van der Waals surface area contributed by atoms with Crippen molar-refractivity contribution in [2.75, 3.05) is 7.05 Å². The molecule has 0 aromatic carbocycles. The molecule has 0 radical (unpaired) electrons. The second kappa shape index (κ2) is 4.09. The van der Waals surface area contributed by atoms with Gasteiger partial charge in [-0.05, 0) is 43.5 Å². The Balaban J connectivity index is 2.12. The van der Waals surface area contributed by atoms with Gasteiger partial charge in [0, 0.05) is 18.4 Å². The molecular formula is C12H18N2. The molecule has 14 heavy (non-hydrogen) atoms. The Kier molecular flexibility index (Phi) is 2.82. The van der Waals surface area contributed by atoms with Crippen molar-refractivity contribution in [2.45, 2.75) is 32.2 Å². The van der Waals surface area contributed by atoms with Crippen LogP contribution in [0, 0.1) is 12.8 Å². The minimum atomic E-state index is 0.519. The molecule has 1 aromatic heterocycles. The van der Waals surface area contributed by atoms with E-state index in [9.17, 15) is 0 Å². The molecule has 76 valence electrons. The van der Waals surface area contributed by atoms with E-state index in [1.807, 2.05) is 19.4 Å². The highest BCUT2D eigenvalue weighted by atomic mass is 14.9. The van der Waals surface area contributed by atoms with E-state index in [4.69, 9.17) is 0 Å². The Hall–Kier alpha value is -0.890. The molecule has 1 aliphatic rings. The van der Waals surface area contributed by atoms with Crippen LogP contribution in [0.25, 0.3) is 0 Å². The van der Waals surface area contributed by atoms with Crippen LogP contribution in [0.1, 0.15) is 36.4 Å². The molecule has 2 heteroatoms. The standard InChI is InChI=1S/C12H18N2/c1-9-8-14-6-5-11(9)12(13-2)7-10-3-4-10/h5-6,8,10,12-13H,3-4,7H2,1-2H3. The summed E-state index contributed by atoms with van der Waals surface area (Å²) in [6, 6.07) is 2.66. The first-order valence-corrected chi connectivity index (χ1v) is 5.39.